The molecule has 25 heavy (non-hydrogen) atoms. The van der Waals surface area contributed by atoms with E-state index in [1.807, 2.05) is 18.2 Å². The van der Waals surface area contributed by atoms with Crippen molar-refractivity contribution in [3.8, 4) is 5.75 Å². The van der Waals surface area contributed by atoms with Crippen molar-refractivity contribution in [3.05, 3.63) is 40.8 Å². The molecule has 6 heteroatoms. The molecule has 2 saturated carbocycles. The Bertz CT molecular complexity index is 760. The van der Waals surface area contributed by atoms with Gasteiger partial charge in [0, 0.05) is 18.2 Å². The van der Waals surface area contributed by atoms with Crippen LogP contribution in [0.4, 0.5) is 0 Å². The fourth-order valence-corrected chi connectivity index (χ4v) is 3.62. The van der Waals surface area contributed by atoms with E-state index in [2.05, 4.69) is 5.32 Å². The van der Waals surface area contributed by atoms with Gasteiger partial charge in [-0.15, -0.1) is 0 Å². The molecule has 0 saturated heterocycles. The number of hydrogen-bond acceptors (Lipinski definition) is 4. The molecule has 2 fully saturated rings. The third-order valence-electron chi connectivity index (χ3n) is 4.62. The molecule has 1 N–H and O–H groups in total. The number of sulfone groups is 1. The Kier molecular flexibility index (Phi) is 5.47. The summed E-state index contributed by atoms with van der Waals surface area (Å²) in [7, 11) is -3.17. The quantitative estimate of drug-likeness (QED) is 0.808. The standard InChI is InChI=1S/C19H25NO4S/c1-25(22,23)12-4-11-20-19(21)17-10-7-15(14-5-2-3-6-14)13-18(17)24-16-8-9-16/h4,7,10,12-14,16H,2-3,5-6,8-9,11H2,1H3,(H,20,21)/b12-4+. The van der Waals surface area contributed by atoms with Crippen LogP contribution in [0.15, 0.2) is 29.7 Å². The average molecular weight is 363 g/mol. The molecule has 1 aromatic rings. The van der Waals surface area contributed by atoms with Crippen LogP contribution in [0, 0.1) is 0 Å². The van der Waals surface area contributed by atoms with E-state index in [9.17, 15) is 13.2 Å². The number of ether oxygens (including phenoxy) is 1. The van der Waals surface area contributed by atoms with Crippen LogP contribution < -0.4 is 10.1 Å². The van der Waals surface area contributed by atoms with Crippen molar-refractivity contribution in [1.82, 2.24) is 5.32 Å². The molecule has 0 unspecified atom stereocenters. The van der Waals surface area contributed by atoms with Gasteiger partial charge in [-0.1, -0.05) is 25.0 Å². The second-order valence-electron chi connectivity index (χ2n) is 6.97. The van der Waals surface area contributed by atoms with E-state index in [-0.39, 0.29) is 18.6 Å². The molecule has 1 aromatic carbocycles. The summed E-state index contributed by atoms with van der Waals surface area (Å²) < 4.78 is 28.1. The van der Waals surface area contributed by atoms with Crippen LogP contribution in [-0.4, -0.2) is 33.2 Å². The molecule has 0 radical (unpaired) electrons. The van der Waals surface area contributed by atoms with Gasteiger partial charge >= 0.3 is 0 Å². The van der Waals surface area contributed by atoms with Crippen molar-refractivity contribution in [2.45, 2.75) is 50.5 Å². The van der Waals surface area contributed by atoms with Crippen LogP contribution in [0.25, 0.3) is 0 Å². The highest BCUT2D eigenvalue weighted by molar-refractivity contribution is 7.93. The summed E-state index contributed by atoms with van der Waals surface area (Å²) in [5.41, 5.74) is 1.77. The predicted molar refractivity (Wildman–Crippen MR) is 97.6 cm³/mol. The van der Waals surface area contributed by atoms with Crippen LogP contribution in [0.5, 0.6) is 5.75 Å². The number of carbonyl (C=O) groups is 1. The SMILES string of the molecule is CS(=O)(=O)/C=C/CNC(=O)c1ccc(C2CCCC2)cc1OC1CC1. The molecule has 0 aromatic heterocycles. The number of nitrogens with one attached hydrogen (secondary N) is 1. The molecule has 0 atom stereocenters. The first kappa shape index (κ1) is 18.0. The van der Waals surface area contributed by atoms with E-state index in [0.29, 0.717) is 17.2 Å². The summed E-state index contributed by atoms with van der Waals surface area (Å²) in [6.07, 6.45) is 9.76. The first-order chi connectivity index (χ1) is 11.9. The lowest BCUT2D eigenvalue weighted by Crippen LogP contribution is -2.24. The summed E-state index contributed by atoms with van der Waals surface area (Å²) in [6, 6.07) is 5.88. The lowest BCUT2D eigenvalue weighted by molar-refractivity contribution is 0.0953. The summed E-state index contributed by atoms with van der Waals surface area (Å²) in [5, 5.41) is 3.82. The fraction of sp³-hybridized carbons (Fsp3) is 0.526. The molecule has 0 spiro atoms. The summed E-state index contributed by atoms with van der Waals surface area (Å²) in [6.45, 7) is 0.166. The van der Waals surface area contributed by atoms with E-state index < -0.39 is 9.84 Å². The van der Waals surface area contributed by atoms with Crippen molar-refractivity contribution in [1.29, 1.82) is 0 Å². The van der Waals surface area contributed by atoms with E-state index in [0.717, 1.165) is 24.5 Å². The maximum Gasteiger partial charge on any atom is 0.255 e. The third kappa shape index (κ3) is 5.33. The second kappa shape index (κ2) is 7.60. The lowest BCUT2D eigenvalue weighted by Gasteiger charge is -2.15. The van der Waals surface area contributed by atoms with E-state index in [1.54, 1.807) is 0 Å². The third-order valence-corrected chi connectivity index (χ3v) is 5.31. The Morgan fingerprint density at radius 2 is 1.96 bits per heavy atom. The number of carbonyl (C=O) groups excluding carboxylic acids is 1. The summed E-state index contributed by atoms with van der Waals surface area (Å²) >= 11 is 0. The zero-order valence-electron chi connectivity index (χ0n) is 14.5. The molecule has 3 rings (SSSR count). The number of rotatable bonds is 7. The molecular weight excluding hydrogens is 338 g/mol. The minimum atomic E-state index is -3.17. The van der Waals surface area contributed by atoms with Gasteiger partial charge in [0.1, 0.15) is 5.75 Å². The molecule has 136 valence electrons. The van der Waals surface area contributed by atoms with E-state index in [4.69, 9.17) is 4.74 Å². The highest BCUT2D eigenvalue weighted by atomic mass is 32.2. The molecular formula is C19H25NO4S. The van der Waals surface area contributed by atoms with Gasteiger partial charge < -0.3 is 10.1 Å². The average Bonchev–Trinajstić information content (AvgIpc) is 3.20. The second-order valence-corrected chi connectivity index (χ2v) is 8.90. The first-order valence-corrected chi connectivity index (χ1v) is 10.8. The van der Waals surface area contributed by atoms with Gasteiger partial charge in [-0.3, -0.25) is 4.79 Å². The van der Waals surface area contributed by atoms with E-state index >= 15 is 0 Å². The summed E-state index contributed by atoms with van der Waals surface area (Å²) in [5.74, 6) is 0.972. The van der Waals surface area contributed by atoms with Crippen molar-refractivity contribution >= 4 is 15.7 Å². The maximum atomic E-state index is 12.5. The molecule has 5 nitrogen and oxygen atoms in total. The van der Waals surface area contributed by atoms with Gasteiger partial charge in [0.2, 0.25) is 0 Å². The van der Waals surface area contributed by atoms with Gasteiger partial charge in [0.25, 0.3) is 5.91 Å². The van der Waals surface area contributed by atoms with Gasteiger partial charge in [0.15, 0.2) is 9.84 Å². The van der Waals surface area contributed by atoms with Crippen molar-refractivity contribution in [2.75, 3.05) is 12.8 Å². The zero-order valence-corrected chi connectivity index (χ0v) is 15.3. The van der Waals surface area contributed by atoms with Crippen LogP contribution >= 0.6 is 0 Å². The van der Waals surface area contributed by atoms with Crippen molar-refractivity contribution < 1.29 is 17.9 Å². The van der Waals surface area contributed by atoms with Crippen LogP contribution in [0.3, 0.4) is 0 Å². The number of amides is 1. The number of hydrogen-bond donors (Lipinski definition) is 1. The monoisotopic (exact) mass is 363 g/mol. The molecule has 1 amide bonds. The normalized spacial score (nSPS) is 18.6. The minimum absolute atomic E-state index is 0.166. The van der Waals surface area contributed by atoms with Gasteiger partial charge in [0.05, 0.1) is 11.7 Å². The predicted octanol–water partition coefficient (Wildman–Crippen LogP) is 3.17. The largest absolute Gasteiger partial charge is 0.490 e. The smallest absolute Gasteiger partial charge is 0.255 e. The van der Waals surface area contributed by atoms with Crippen LogP contribution in [0.2, 0.25) is 0 Å². The van der Waals surface area contributed by atoms with Crippen molar-refractivity contribution in [2.24, 2.45) is 0 Å². The highest BCUT2D eigenvalue weighted by Gasteiger charge is 2.27. The maximum absolute atomic E-state index is 12.5. The first-order valence-electron chi connectivity index (χ1n) is 8.88. The Labute approximate surface area is 149 Å². The number of benzene rings is 1. The zero-order chi connectivity index (χ0) is 17.9. The lowest BCUT2D eigenvalue weighted by atomic mass is 9.96. The Morgan fingerprint density at radius 1 is 1.24 bits per heavy atom. The Balaban J connectivity index is 1.72. The Hall–Kier alpha value is -1.82. The fourth-order valence-electron chi connectivity index (χ4n) is 3.17. The molecule has 0 heterocycles. The summed E-state index contributed by atoms with van der Waals surface area (Å²) in [4.78, 5) is 12.5. The van der Waals surface area contributed by atoms with Crippen molar-refractivity contribution in [3.63, 3.8) is 0 Å². The van der Waals surface area contributed by atoms with Gasteiger partial charge in [-0.25, -0.2) is 8.42 Å². The molecule has 2 aliphatic rings. The topological polar surface area (TPSA) is 72.5 Å². The minimum Gasteiger partial charge on any atom is -0.490 e. The van der Waals surface area contributed by atoms with Crippen LogP contribution in [0.1, 0.15) is 60.4 Å². The molecule has 2 aliphatic carbocycles. The van der Waals surface area contributed by atoms with Gasteiger partial charge in [-0.2, -0.15) is 0 Å². The Morgan fingerprint density at radius 3 is 2.60 bits per heavy atom. The van der Waals surface area contributed by atoms with Crippen LogP contribution in [-0.2, 0) is 9.84 Å². The molecule has 0 aliphatic heterocycles. The van der Waals surface area contributed by atoms with Gasteiger partial charge in [-0.05, 0) is 49.3 Å². The van der Waals surface area contributed by atoms with E-state index in [1.165, 1.54) is 37.3 Å². The molecule has 0 bridgehead atoms. The highest BCUT2D eigenvalue weighted by Crippen LogP contribution is 2.37.